The van der Waals surface area contributed by atoms with Crippen molar-refractivity contribution in [1.82, 2.24) is 4.98 Å². The summed E-state index contributed by atoms with van der Waals surface area (Å²) in [5.41, 5.74) is 3.48. The lowest BCUT2D eigenvalue weighted by atomic mass is 9.86. The monoisotopic (exact) mass is 283 g/mol. The summed E-state index contributed by atoms with van der Waals surface area (Å²) in [6.45, 7) is 4.16. The topological polar surface area (TPSA) is 50.2 Å². The first-order chi connectivity index (χ1) is 10.1. The zero-order chi connectivity index (χ0) is 15.2. The second-order valence-electron chi connectivity index (χ2n) is 5.74. The van der Waals surface area contributed by atoms with E-state index in [4.69, 9.17) is 5.11 Å². The molecule has 0 amide bonds. The molecule has 0 fully saturated rings. The third kappa shape index (κ3) is 4.42. The van der Waals surface area contributed by atoms with Crippen molar-refractivity contribution in [2.24, 2.45) is 11.8 Å². The van der Waals surface area contributed by atoms with Gasteiger partial charge in [0.1, 0.15) is 0 Å². The standard InChI is InChI=1S/C18H21NO2/c1-13(2)17(12-18(20)21)11-14-3-5-15(6-4-14)16-7-9-19-10-8-16/h3-10,13,17H,11-12H2,1-2H3,(H,20,21). The van der Waals surface area contributed by atoms with E-state index in [1.165, 1.54) is 5.56 Å². The molecule has 0 saturated carbocycles. The van der Waals surface area contributed by atoms with E-state index >= 15 is 0 Å². The molecule has 1 N–H and O–H groups in total. The predicted octanol–water partition coefficient (Wildman–Crippen LogP) is 4.04. The van der Waals surface area contributed by atoms with Crippen molar-refractivity contribution < 1.29 is 9.90 Å². The van der Waals surface area contributed by atoms with Gasteiger partial charge in [-0.15, -0.1) is 0 Å². The highest BCUT2D eigenvalue weighted by Gasteiger charge is 2.17. The van der Waals surface area contributed by atoms with Gasteiger partial charge in [0.05, 0.1) is 0 Å². The Kier molecular flexibility index (Phi) is 5.09. The van der Waals surface area contributed by atoms with Gasteiger partial charge in [-0.3, -0.25) is 9.78 Å². The summed E-state index contributed by atoms with van der Waals surface area (Å²) in [4.78, 5) is 15.0. The molecule has 2 aromatic rings. The second kappa shape index (κ2) is 7.02. The lowest BCUT2D eigenvalue weighted by Crippen LogP contribution is -2.16. The Morgan fingerprint density at radius 1 is 1.05 bits per heavy atom. The van der Waals surface area contributed by atoms with Crippen LogP contribution < -0.4 is 0 Å². The first kappa shape index (κ1) is 15.2. The molecule has 0 aliphatic heterocycles. The van der Waals surface area contributed by atoms with Gasteiger partial charge in [-0.25, -0.2) is 0 Å². The Hall–Kier alpha value is -2.16. The molecule has 1 aromatic heterocycles. The molecule has 0 aliphatic rings. The largest absolute Gasteiger partial charge is 0.481 e. The number of carbonyl (C=O) groups is 1. The van der Waals surface area contributed by atoms with Gasteiger partial charge < -0.3 is 5.11 Å². The van der Waals surface area contributed by atoms with Crippen LogP contribution in [0.3, 0.4) is 0 Å². The average molecular weight is 283 g/mol. The van der Waals surface area contributed by atoms with Crippen molar-refractivity contribution in [3.05, 3.63) is 54.4 Å². The Morgan fingerprint density at radius 3 is 2.14 bits per heavy atom. The number of hydrogen-bond donors (Lipinski definition) is 1. The summed E-state index contributed by atoms with van der Waals surface area (Å²) in [7, 11) is 0. The van der Waals surface area contributed by atoms with Gasteiger partial charge in [-0.1, -0.05) is 38.1 Å². The quantitative estimate of drug-likeness (QED) is 0.870. The third-order valence-corrected chi connectivity index (χ3v) is 3.85. The zero-order valence-corrected chi connectivity index (χ0v) is 12.5. The fourth-order valence-corrected chi connectivity index (χ4v) is 2.45. The molecule has 0 saturated heterocycles. The van der Waals surface area contributed by atoms with Crippen molar-refractivity contribution in [1.29, 1.82) is 0 Å². The van der Waals surface area contributed by atoms with Crippen LogP contribution in [-0.4, -0.2) is 16.1 Å². The fourth-order valence-electron chi connectivity index (χ4n) is 2.45. The minimum absolute atomic E-state index is 0.175. The molecular weight excluding hydrogens is 262 g/mol. The van der Waals surface area contributed by atoms with E-state index < -0.39 is 5.97 Å². The Morgan fingerprint density at radius 2 is 1.62 bits per heavy atom. The number of hydrogen-bond acceptors (Lipinski definition) is 2. The molecule has 110 valence electrons. The smallest absolute Gasteiger partial charge is 0.303 e. The van der Waals surface area contributed by atoms with Crippen LogP contribution in [0.5, 0.6) is 0 Å². The van der Waals surface area contributed by atoms with E-state index in [0.717, 1.165) is 17.5 Å². The van der Waals surface area contributed by atoms with Gasteiger partial charge in [0.2, 0.25) is 0 Å². The number of carboxylic acids is 1. The van der Waals surface area contributed by atoms with Gasteiger partial charge in [0.25, 0.3) is 0 Å². The molecule has 0 bridgehead atoms. The lowest BCUT2D eigenvalue weighted by Gasteiger charge is -2.19. The van der Waals surface area contributed by atoms with Gasteiger partial charge >= 0.3 is 5.97 Å². The normalized spacial score (nSPS) is 12.3. The van der Waals surface area contributed by atoms with Gasteiger partial charge in [0.15, 0.2) is 0 Å². The molecule has 0 spiro atoms. The van der Waals surface area contributed by atoms with E-state index in [0.29, 0.717) is 5.92 Å². The maximum absolute atomic E-state index is 10.9. The molecule has 1 heterocycles. The number of carboxylic acid groups (broad SMARTS) is 1. The summed E-state index contributed by atoms with van der Waals surface area (Å²) >= 11 is 0. The highest BCUT2D eigenvalue weighted by atomic mass is 16.4. The van der Waals surface area contributed by atoms with Crippen LogP contribution in [0.1, 0.15) is 25.8 Å². The minimum atomic E-state index is -0.720. The van der Waals surface area contributed by atoms with Crippen molar-refractivity contribution in [3.8, 4) is 11.1 Å². The average Bonchev–Trinajstić information content (AvgIpc) is 2.48. The second-order valence-corrected chi connectivity index (χ2v) is 5.74. The zero-order valence-electron chi connectivity index (χ0n) is 12.5. The van der Waals surface area contributed by atoms with E-state index in [9.17, 15) is 4.79 Å². The number of aliphatic carboxylic acids is 1. The van der Waals surface area contributed by atoms with Crippen LogP contribution in [0.15, 0.2) is 48.8 Å². The van der Waals surface area contributed by atoms with Crippen molar-refractivity contribution in [2.75, 3.05) is 0 Å². The van der Waals surface area contributed by atoms with Gasteiger partial charge in [-0.05, 0) is 47.1 Å². The van der Waals surface area contributed by atoms with E-state index in [1.807, 2.05) is 12.1 Å². The number of nitrogens with zero attached hydrogens (tertiary/aromatic N) is 1. The van der Waals surface area contributed by atoms with Crippen LogP contribution in [0.4, 0.5) is 0 Å². The van der Waals surface area contributed by atoms with Crippen LogP contribution in [-0.2, 0) is 11.2 Å². The molecule has 1 atom stereocenters. The first-order valence-corrected chi connectivity index (χ1v) is 7.27. The van der Waals surface area contributed by atoms with E-state index in [-0.39, 0.29) is 12.3 Å². The molecule has 2 rings (SSSR count). The summed E-state index contributed by atoms with van der Waals surface area (Å²) in [5.74, 6) is -0.183. The summed E-state index contributed by atoms with van der Waals surface area (Å²) in [5, 5.41) is 9.00. The number of benzene rings is 1. The number of pyridine rings is 1. The van der Waals surface area contributed by atoms with E-state index in [2.05, 4.69) is 43.1 Å². The summed E-state index contributed by atoms with van der Waals surface area (Å²) < 4.78 is 0. The maximum atomic E-state index is 10.9. The Bertz CT molecular complexity index is 576. The Labute approximate surface area is 125 Å². The fraction of sp³-hybridized carbons (Fsp3) is 0.333. The third-order valence-electron chi connectivity index (χ3n) is 3.85. The molecule has 1 unspecified atom stereocenters. The predicted molar refractivity (Wildman–Crippen MR) is 84.0 cm³/mol. The molecule has 1 aromatic carbocycles. The summed E-state index contributed by atoms with van der Waals surface area (Å²) in [6, 6.07) is 12.3. The molecule has 3 heteroatoms. The van der Waals surface area contributed by atoms with Gasteiger partial charge in [0, 0.05) is 18.8 Å². The highest BCUT2D eigenvalue weighted by Crippen LogP contribution is 2.23. The van der Waals surface area contributed by atoms with Crippen molar-refractivity contribution >= 4 is 5.97 Å². The van der Waals surface area contributed by atoms with Crippen LogP contribution >= 0.6 is 0 Å². The molecule has 21 heavy (non-hydrogen) atoms. The van der Waals surface area contributed by atoms with Crippen molar-refractivity contribution in [3.63, 3.8) is 0 Å². The van der Waals surface area contributed by atoms with Crippen LogP contribution in [0, 0.1) is 11.8 Å². The molecular formula is C18H21NO2. The van der Waals surface area contributed by atoms with Crippen LogP contribution in [0.2, 0.25) is 0 Å². The van der Waals surface area contributed by atoms with E-state index in [1.54, 1.807) is 12.4 Å². The molecule has 0 aliphatic carbocycles. The lowest BCUT2D eigenvalue weighted by molar-refractivity contribution is -0.138. The Balaban J connectivity index is 2.10. The molecule has 3 nitrogen and oxygen atoms in total. The van der Waals surface area contributed by atoms with Gasteiger partial charge in [-0.2, -0.15) is 0 Å². The van der Waals surface area contributed by atoms with Crippen LogP contribution in [0.25, 0.3) is 11.1 Å². The number of rotatable bonds is 6. The maximum Gasteiger partial charge on any atom is 0.303 e. The van der Waals surface area contributed by atoms with Crippen molar-refractivity contribution in [2.45, 2.75) is 26.7 Å². The number of aromatic nitrogens is 1. The minimum Gasteiger partial charge on any atom is -0.481 e. The highest BCUT2D eigenvalue weighted by molar-refractivity contribution is 5.67. The first-order valence-electron chi connectivity index (χ1n) is 7.27. The summed E-state index contributed by atoms with van der Waals surface area (Å²) in [6.07, 6.45) is 4.60. The SMILES string of the molecule is CC(C)C(CC(=O)O)Cc1ccc(-c2ccncc2)cc1. The molecule has 0 radical (unpaired) electrons.